The predicted octanol–water partition coefficient (Wildman–Crippen LogP) is 5.04. The zero-order valence-corrected chi connectivity index (χ0v) is 14.3. The molecule has 1 spiro atoms. The highest BCUT2D eigenvalue weighted by Crippen LogP contribution is 2.79. The van der Waals surface area contributed by atoms with Gasteiger partial charge in [-0.05, 0) is 54.9 Å². The van der Waals surface area contributed by atoms with Crippen molar-refractivity contribution in [2.75, 3.05) is 0 Å². The zero-order valence-electron chi connectivity index (χ0n) is 14.3. The summed E-state index contributed by atoms with van der Waals surface area (Å²) in [6.07, 6.45) is 10.4. The molecular formula is C21H27NO2. The van der Waals surface area contributed by atoms with Gasteiger partial charge >= 0.3 is 0 Å². The predicted molar refractivity (Wildman–Crippen MR) is 93.3 cm³/mol. The Morgan fingerprint density at radius 3 is 1.96 bits per heavy atom. The highest BCUT2D eigenvalue weighted by molar-refractivity contribution is 5.39. The van der Waals surface area contributed by atoms with Crippen molar-refractivity contribution in [2.24, 2.45) is 29.1 Å². The van der Waals surface area contributed by atoms with Crippen LogP contribution < -0.4 is 0 Å². The average Bonchev–Trinajstić information content (AvgIpc) is 3.25. The summed E-state index contributed by atoms with van der Waals surface area (Å²) in [7, 11) is 0. The molecule has 3 nitrogen and oxygen atoms in total. The third-order valence-electron chi connectivity index (χ3n) is 8.12. The highest BCUT2D eigenvalue weighted by Gasteiger charge is 2.83. The van der Waals surface area contributed by atoms with Crippen LogP contribution in [0.15, 0.2) is 30.3 Å². The largest absolute Gasteiger partial charge is 0.264 e. The van der Waals surface area contributed by atoms with Crippen molar-refractivity contribution in [1.82, 2.24) is 0 Å². The average molecular weight is 325 g/mol. The molecule has 0 amide bonds. The number of fused-ring (bicyclic) bond motifs is 5. The Morgan fingerprint density at radius 2 is 1.42 bits per heavy atom. The number of hydrogen-bond acceptors (Lipinski definition) is 2. The van der Waals surface area contributed by atoms with Gasteiger partial charge in [0.05, 0.1) is 11.3 Å². The molecule has 1 aromatic carbocycles. The zero-order chi connectivity index (χ0) is 16.3. The van der Waals surface area contributed by atoms with Crippen LogP contribution in [0.25, 0.3) is 0 Å². The first kappa shape index (κ1) is 14.9. The first-order chi connectivity index (χ1) is 11.8. The number of nitro groups is 1. The molecule has 4 saturated carbocycles. The fraction of sp³-hybridized carbons (Fsp3) is 0.714. The lowest BCUT2D eigenvalue weighted by molar-refractivity contribution is -0.506. The van der Waals surface area contributed by atoms with E-state index in [1.165, 1.54) is 56.9 Å². The van der Waals surface area contributed by atoms with Gasteiger partial charge in [0.15, 0.2) is 0 Å². The number of hydrogen-bond donors (Lipinski definition) is 0. The van der Waals surface area contributed by atoms with Crippen LogP contribution in [-0.2, 0) is 0 Å². The highest BCUT2D eigenvalue weighted by atomic mass is 16.6. The van der Waals surface area contributed by atoms with Crippen LogP contribution in [0.3, 0.4) is 0 Å². The second-order valence-electron chi connectivity index (χ2n) is 8.73. The maximum Gasteiger partial charge on any atom is 0.227 e. The molecule has 0 N–H and O–H groups in total. The van der Waals surface area contributed by atoms with Crippen LogP contribution in [0.5, 0.6) is 0 Å². The van der Waals surface area contributed by atoms with Crippen LogP contribution in [0.1, 0.15) is 62.8 Å². The van der Waals surface area contributed by atoms with Crippen molar-refractivity contribution in [3.05, 3.63) is 46.0 Å². The van der Waals surface area contributed by atoms with Gasteiger partial charge in [0.1, 0.15) is 0 Å². The first-order valence-corrected chi connectivity index (χ1v) is 9.94. The number of nitrogens with zero attached hydrogens (tertiary/aromatic N) is 1. The molecule has 1 aromatic rings. The normalized spacial score (nSPS) is 46.3. The molecule has 0 heterocycles. The van der Waals surface area contributed by atoms with Crippen LogP contribution in [0.2, 0.25) is 0 Å². The summed E-state index contributed by atoms with van der Waals surface area (Å²) in [6.45, 7) is 0. The van der Waals surface area contributed by atoms with Gasteiger partial charge in [0.25, 0.3) is 0 Å². The molecule has 24 heavy (non-hydrogen) atoms. The maximum absolute atomic E-state index is 12.1. The molecule has 3 heteroatoms. The van der Waals surface area contributed by atoms with E-state index in [4.69, 9.17) is 0 Å². The van der Waals surface area contributed by atoms with Crippen LogP contribution in [0, 0.1) is 39.2 Å². The molecule has 0 saturated heterocycles. The van der Waals surface area contributed by atoms with Crippen molar-refractivity contribution in [1.29, 1.82) is 0 Å². The van der Waals surface area contributed by atoms with E-state index in [1.54, 1.807) is 0 Å². The summed E-state index contributed by atoms with van der Waals surface area (Å²) in [4.78, 5) is 12.2. The third kappa shape index (κ3) is 1.79. The van der Waals surface area contributed by atoms with Crippen molar-refractivity contribution in [3.63, 3.8) is 0 Å². The molecule has 7 atom stereocenters. The summed E-state index contributed by atoms with van der Waals surface area (Å²) < 4.78 is 0. The van der Waals surface area contributed by atoms with Crippen molar-refractivity contribution < 1.29 is 4.92 Å². The Labute approximate surface area is 144 Å². The molecule has 1 unspecified atom stereocenters. The second-order valence-corrected chi connectivity index (χ2v) is 8.73. The van der Waals surface area contributed by atoms with E-state index in [1.807, 2.05) is 6.07 Å². The van der Waals surface area contributed by atoms with E-state index in [2.05, 4.69) is 24.3 Å². The van der Waals surface area contributed by atoms with Crippen molar-refractivity contribution in [3.8, 4) is 0 Å². The molecular weight excluding hydrogens is 298 g/mol. The minimum absolute atomic E-state index is 0.0129. The molecule has 0 bridgehead atoms. The molecule has 0 aromatic heterocycles. The van der Waals surface area contributed by atoms with Gasteiger partial charge in [0.2, 0.25) is 6.04 Å². The first-order valence-electron chi connectivity index (χ1n) is 9.94. The topological polar surface area (TPSA) is 43.1 Å². The minimum Gasteiger partial charge on any atom is -0.264 e. The van der Waals surface area contributed by atoms with Gasteiger partial charge in [-0.15, -0.1) is 0 Å². The van der Waals surface area contributed by atoms with Crippen LogP contribution in [-0.4, -0.2) is 11.0 Å². The fourth-order valence-corrected chi connectivity index (χ4v) is 7.60. The van der Waals surface area contributed by atoms with E-state index in [0.29, 0.717) is 11.8 Å². The number of benzene rings is 1. The summed E-state index contributed by atoms with van der Waals surface area (Å²) in [5.41, 5.74) is 1.22. The Hall–Kier alpha value is -1.38. The van der Waals surface area contributed by atoms with E-state index >= 15 is 0 Å². The smallest absolute Gasteiger partial charge is 0.227 e. The molecule has 4 aliphatic carbocycles. The third-order valence-corrected chi connectivity index (χ3v) is 8.12. The SMILES string of the molecule is O=[N+]([O-])[C@@H]1[C@@H](c2ccccc2)C12[C@@H]1CCCC[C@@H]1[C@H]1CCCC[C@@H]12. The molecule has 128 valence electrons. The summed E-state index contributed by atoms with van der Waals surface area (Å²) in [5, 5.41) is 12.1. The van der Waals surface area contributed by atoms with Crippen molar-refractivity contribution >= 4 is 0 Å². The number of rotatable bonds is 2. The van der Waals surface area contributed by atoms with Gasteiger partial charge in [-0.2, -0.15) is 0 Å². The fourth-order valence-electron chi connectivity index (χ4n) is 7.60. The Bertz CT molecular complexity index is 620. The van der Waals surface area contributed by atoms with E-state index in [0.717, 1.165) is 11.8 Å². The molecule has 4 fully saturated rings. The Morgan fingerprint density at radius 1 is 0.875 bits per heavy atom. The lowest BCUT2D eigenvalue weighted by Gasteiger charge is -2.32. The maximum atomic E-state index is 12.1. The van der Waals surface area contributed by atoms with Gasteiger partial charge < -0.3 is 0 Å². The lowest BCUT2D eigenvalue weighted by atomic mass is 9.73. The standard InChI is InChI=1S/C21H27NO2/c23-22(24)20-19(14-8-2-1-3-9-14)21(20)17-12-6-4-10-15(17)16-11-5-7-13-18(16)21/h1-3,8-9,15-20H,4-7,10-13H2/t15-,16-,17-,18+,19-,20-,21?/m1/s1. The van der Waals surface area contributed by atoms with E-state index < -0.39 is 0 Å². The van der Waals surface area contributed by atoms with Gasteiger partial charge in [-0.25, -0.2) is 0 Å². The lowest BCUT2D eigenvalue weighted by Crippen LogP contribution is -2.28. The second kappa shape index (κ2) is 5.31. The van der Waals surface area contributed by atoms with Gasteiger partial charge in [-0.3, -0.25) is 10.1 Å². The molecule has 5 rings (SSSR count). The Balaban J connectivity index is 1.62. The van der Waals surface area contributed by atoms with Gasteiger partial charge in [0, 0.05) is 4.92 Å². The quantitative estimate of drug-likeness (QED) is 0.564. The van der Waals surface area contributed by atoms with Crippen LogP contribution in [0.4, 0.5) is 0 Å². The van der Waals surface area contributed by atoms with E-state index in [9.17, 15) is 10.1 Å². The molecule has 0 radical (unpaired) electrons. The summed E-state index contributed by atoms with van der Waals surface area (Å²) in [5.74, 6) is 2.95. The van der Waals surface area contributed by atoms with Gasteiger partial charge in [-0.1, -0.05) is 56.0 Å². The molecule has 4 aliphatic rings. The van der Waals surface area contributed by atoms with Crippen LogP contribution >= 0.6 is 0 Å². The summed E-state index contributed by atoms with van der Waals surface area (Å²) in [6, 6.07) is 10.1. The minimum atomic E-state index is -0.321. The Kier molecular flexibility index (Phi) is 3.30. The van der Waals surface area contributed by atoms with Crippen molar-refractivity contribution in [2.45, 2.75) is 63.3 Å². The monoisotopic (exact) mass is 325 g/mol. The summed E-state index contributed by atoms with van der Waals surface area (Å²) >= 11 is 0. The molecule has 0 aliphatic heterocycles. The van der Waals surface area contributed by atoms with E-state index in [-0.39, 0.29) is 22.3 Å².